The summed E-state index contributed by atoms with van der Waals surface area (Å²) in [7, 11) is 0. The molecule has 0 saturated carbocycles. The topological polar surface area (TPSA) is 15.7 Å². The Bertz CT molecular complexity index is 2030. The molecule has 5 aromatic rings. The minimum absolute atomic E-state index is 0.0312. The molecular weight excluding hydrogens is 643 g/mol. The first-order chi connectivity index (χ1) is 25.5. The van der Waals surface area contributed by atoms with E-state index in [0.29, 0.717) is 0 Å². The predicted molar refractivity (Wildman–Crippen MR) is 230 cm³/mol. The van der Waals surface area contributed by atoms with Crippen LogP contribution in [0.5, 0.6) is 0 Å². The highest BCUT2D eigenvalue weighted by Gasteiger charge is 2.43. The average molecular weight is 703 g/mol. The molecule has 0 atom stereocenters. The average Bonchev–Trinajstić information content (AvgIpc) is 3.14. The Morgan fingerprint density at radius 3 is 1.55 bits per heavy atom. The zero-order chi connectivity index (χ0) is 37.3. The summed E-state index contributed by atoms with van der Waals surface area (Å²) in [6, 6.07) is 40.0. The first-order valence-electron chi connectivity index (χ1n) is 20.2. The van der Waals surface area contributed by atoms with Gasteiger partial charge in [-0.2, -0.15) is 0 Å². The van der Waals surface area contributed by atoms with Crippen LogP contribution in [0.15, 0.2) is 103 Å². The van der Waals surface area contributed by atoms with Crippen LogP contribution in [0.1, 0.15) is 109 Å². The van der Waals surface area contributed by atoms with Gasteiger partial charge in [-0.05, 0) is 126 Å². The molecule has 0 fully saturated rings. The van der Waals surface area contributed by atoms with Crippen molar-refractivity contribution in [2.24, 2.45) is 0 Å². The molecule has 0 aromatic heterocycles. The number of rotatable bonds is 12. The van der Waals surface area contributed by atoms with E-state index in [9.17, 15) is 0 Å². The summed E-state index contributed by atoms with van der Waals surface area (Å²) in [6.07, 6.45) is 8.75. The van der Waals surface area contributed by atoms with Gasteiger partial charge in [0.15, 0.2) is 0 Å². The molecule has 0 N–H and O–H groups in total. The van der Waals surface area contributed by atoms with Crippen LogP contribution < -0.4 is 26.2 Å². The number of fused-ring (bicyclic) bond motifs is 4. The van der Waals surface area contributed by atoms with Crippen LogP contribution in [-0.2, 0) is 22.0 Å². The second kappa shape index (κ2) is 15.2. The Labute approximate surface area is 320 Å². The largest absolute Gasteiger partial charge is 0.382 e. The number of unbranched alkanes of at least 4 members (excludes halogenated alkanes) is 5. The van der Waals surface area contributed by atoms with E-state index in [0.717, 1.165) is 19.6 Å². The molecule has 7 rings (SSSR count). The zero-order valence-electron chi connectivity index (χ0n) is 33.6. The number of anilines is 6. The van der Waals surface area contributed by atoms with Crippen molar-refractivity contribution >= 4 is 57.2 Å². The summed E-state index contributed by atoms with van der Waals surface area (Å²) in [5.74, 6) is 0. The monoisotopic (exact) mass is 702 g/mol. The lowest BCUT2D eigenvalue weighted by Crippen LogP contribution is -2.61. The van der Waals surface area contributed by atoms with Crippen LogP contribution in [0.4, 0.5) is 34.1 Å². The number of nitrogens with zero attached hydrogens (tertiary/aromatic N) is 2. The van der Waals surface area contributed by atoms with Gasteiger partial charge in [-0.25, -0.2) is 0 Å². The van der Waals surface area contributed by atoms with Gasteiger partial charge in [0.25, 0.3) is 6.71 Å². The van der Waals surface area contributed by atoms with Crippen molar-refractivity contribution in [1.82, 2.24) is 0 Å². The SMILES string of the molecule is CCOCCCCCCCCc1ccc(N2c3ccc(C(C)(C)C)cc3B3c4cc(C(C)(C)C)ccc4N(c4ccc(C)cc4)c4cccc2c43)cc1. The van der Waals surface area contributed by atoms with E-state index in [-0.39, 0.29) is 17.5 Å². The summed E-state index contributed by atoms with van der Waals surface area (Å²) in [4.78, 5) is 5.05. The van der Waals surface area contributed by atoms with Gasteiger partial charge in [0.2, 0.25) is 0 Å². The fraction of sp³-hybridized carbons (Fsp3) is 0.388. The molecule has 3 nitrogen and oxygen atoms in total. The maximum absolute atomic E-state index is 5.50. The van der Waals surface area contributed by atoms with Gasteiger partial charge in [0.05, 0.1) is 0 Å². The van der Waals surface area contributed by atoms with Crippen LogP contribution in [0.3, 0.4) is 0 Å². The third-order valence-corrected chi connectivity index (χ3v) is 11.4. The van der Waals surface area contributed by atoms with E-state index in [1.165, 1.54) is 111 Å². The Kier molecular flexibility index (Phi) is 10.6. The Morgan fingerprint density at radius 2 is 1.04 bits per heavy atom. The van der Waals surface area contributed by atoms with E-state index in [1.807, 2.05) is 0 Å². The highest BCUT2D eigenvalue weighted by Crippen LogP contribution is 2.45. The lowest BCUT2D eigenvalue weighted by atomic mass is 9.33. The molecule has 0 unspecified atom stereocenters. The van der Waals surface area contributed by atoms with Crippen molar-refractivity contribution in [2.75, 3.05) is 23.0 Å². The molecule has 5 aromatic carbocycles. The number of hydrogen-bond acceptors (Lipinski definition) is 3. The molecule has 2 aliphatic heterocycles. The summed E-state index contributed by atoms with van der Waals surface area (Å²) >= 11 is 0. The molecule has 0 amide bonds. The van der Waals surface area contributed by atoms with Gasteiger partial charge in [-0.1, -0.05) is 127 Å². The predicted octanol–water partition coefficient (Wildman–Crippen LogP) is 11.6. The van der Waals surface area contributed by atoms with Crippen LogP contribution >= 0.6 is 0 Å². The second-order valence-electron chi connectivity index (χ2n) is 17.4. The highest BCUT2D eigenvalue weighted by molar-refractivity contribution is 7.00. The molecule has 274 valence electrons. The summed E-state index contributed by atoms with van der Waals surface area (Å²) in [6.45, 7) is 20.1. The third-order valence-electron chi connectivity index (χ3n) is 11.4. The van der Waals surface area contributed by atoms with Crippen molar-refractivity contribution in [3.05, 3.63) is 125 Å². The quantitative estimate of drug-likeness (QED) is 0.0931. The molecule has 0 spiro atoms. The van der Waals surface area contributed by atoms with E-state index < -0.39 is 0 Å². The normalized spacial score (nSPS) is 13.5. The van der Waals surface area contributed by atoms with Gasteiger partial charge in [0.1, 0.15) is 0 Å². The molecule has 0 radical (unpaired) electrons. The maximum atomic E-state index is 5.50. The van der Waals surface area contributed by atoms with Gasteiger partial charge >= 0.3 is 0 Å². The molecule has 4 heteroatoms. The van der Waals surface area contributed by atoms with Gasteiger partial charge < -0.3 is 14.5 Å². The van der Waals surface area contributed by atoms with Crippen LogP contribution in [0, 0.1) is 6.92 Å². The van der Waals surface area contributed by atoms with E-state index in [4.69, 9.17) is 4.74 Å². The standard InChI is InChI=1S/C49H59BN2O/c1-9-53-32-15-13-11-10-12-14-17-36-22-28-40(29-23-36)52-44-31-25-38(49(6,7)8)34-42(44)50-41-33-37(48(3,4)5)24-30-43(41)51(39-26-20-35(2)21-27-39)45-18-16-19-46(52)47(45)50/h16,18-31,33-34H,9-15,17,32H2,1-8H3. The molecule has 53 heavy (non-hydrogen) atoms. The first kappa shape index (κ1) is 37.1. The lowest BCUT2D eigenvalue weighted by molar-refractivity contribution is 0.143. The second-order valence-corrected chi connectivity index (χ2v) is 17.4. The van der Waals surface area contributed by atoms with Crippen LogP contribution in [0.2, 0.25) is 0 Å². The van der Waals surface area contributed by atoms with Crippen molar-refractivity contribution in [2.45, 2.75) is 111 Å². The fourth-order valence-electron chi connectivity index (χ4n) is 8.32. The molecule has 2 heterocycles. The highest BCUT2D eigenvalue weighted by atomic mass is 16.5. The first-order valence-corrected chi connectivity index (χ1v) is 20.2. The lowest BCUT2D eigenvalue weighted by Gasteiger charge is -2.44. The Hall–Kier alpha value is -4.28. The van der Waals surface area contributed by atoms with Crippen molar-refractivity contribution < 1.29 is 4.74 Å². The van der Waals surface area contributed by atoms with Crippen LogP contribution in [-0.4, -0.2) is 19.9 Å². The van der Waals surface area contributed by atoms with E-state index in [1.54, 1.807) is 0 Å². The minimum Gasteiger partial charge on any atom is -0.382 e. The number of hydrogen-bond donors (Lipinski definition) is 0. The summed E-state index contributed by atoms with van der Waals surface area (Å²) in [5, 5.41) is 0. The summed E-state index contributed by atoms with van der Waals surface area (Å²) in [5.41, 5.74) is 17.2. The number of benzene rings is 5. The van der Waals surface area contributed by atoms with Crippen molar-refractivity contribution in [3.8, 4) is 0 Å². The fourth-order valence-corrected chi connectivity index (χ4v) is 8.32. The number of ether oxygens (including phenoxy) is 1. The van der Waals surface area contributed by atoms with Crippen molar-refractivity contribution in [1.29, 1.82) is 0 Å². The summed E-state index contributed by atoms with van der Waals surface area (Å²) < 4.78 is 5.50. The zero-order valence-corrected chi connectivity index (χ0v) is 33.6. The van der Waals surface area contributed by atoms with E-state index in [2.05, 4.69) is 168 Å². The minimum atomic E-state index is 0.0312. The van der Waals surface area contributed by atoms with Crippen molar-refractivity contribution in [3.63, 3.8) is 0 Å². The molecular formula is C49H59BN2O. The Morgan fingerprint density at radius 1 is 0.547 bits per heavy atom. The van der Waals surface area contributed by atoms with Gasteiger partial charge in [0, 0.05) is 47.3 Å². The van der Waals surface area contributed by atoms with Gasteiger partial charge in [-0.3, -0.25) is 0 Å². The molecule has 0 saturated heterocycles. The molecule has 0 bridgehead atoms. The smallest absolute Gasteiger partial charge is 0.252 e. The number of aryl methyl sites for hydroxylation is 2. The maximum Gasteiger partial charge on any atom is 0.252 e. The molecule has 2 aliphatic rings. The van der Waals surface area contributed by atoms with Crippen LogP contribution in [0.25, 0.3) is 0 Å². The van der Waals surface area contributed by atoms with E-state index >= 15 is 0 Å². The van der Waals surface area contributed by atoms with Gasteiger partial charge in [-0.15, -0.1) is 0 Å². The third kappa shape index (κ3) is 7.58. The molecule has 0 aliphatic carbocycles. The Balaban J connectivity index is 1.30.